The molecule has 2 rings (SSSR count). The van der Waals surface area contributed by atoms with E-state index in [1.807, 2.05) is 67.6 Å². The van der Waals surface area contributed by atoms with Crippen LogP contribution in [0.25, 0.3) is 0 Å². The van der Waals surface area contributed by atoms with E-state index in [4.69, 9.17) is 30.6 Å². The van der Waals surface area contributed by atoms with Gasteiger partial charge in [-0.15, -0.1) is 0 Å². The molecule has 0 aliphatic rings. The molecule has 0 fully saturated rings. The van der Waals surface area contributed by atoms with E-state index in [1.165, 1.54) is 34.6 Å². The number of aliphatic carboxylic acids is 6. The lowest BCUT2D eigenvalue weighted by Crippen LogP contribution is -2.41. The largest absolute Gasteiger partial charge is 0.481 e. The third kappa shape index (κ3) is 49.1. The second-order valence-corrected chi connectivity index (χ2v) is 13.7. The van der Waals surface area contributed by atoms with Crippen molar-refractivity contribution in [1.82, 2.24) is 26.6 Å². The number of amides is 5. The molecule has 0 saturated carbocycles. The molecule has 11 N–H and O–H groups in total. The monoisotopic (exact) mass is 923 g/mol. The summed E-state index contributed by atoms with van der Waals surface area (Å²) in [6.45, 7) is 11.9. The molecule has 22 heteroatoms. The van der Waals surface area contributed by atoms with Gasteiger partial charge in [0, 0.05) is 60.2 Å². The fourth-order valence-electron chi connectivity index (χ4n) is 4.09. The minimum Gasteiger partial charge on any atom is -0.481 e. The minimum atomic E-state index is -1.03. The van der Waals surface area contributed by atoms with Crippen LogP contribution in [0.3, 0.4) is 0 Å². The van der Waals surface area contributed by atoms with E-state index in [0.29, 0.717) is 12.8 Å². The highest BCUT2D eigenvalue weighted by molar-refractivity contribution is 5.82. The minimum absolute atomic E-state index is 0.0143. The number of carbonyl (C=O) groups excluding carboxylic acids is 5. The molecular weight excluding hydrogens is 858 g/mol. The summed E-state index contributed by atoms with van der Waals surface area (Å²) in [5.41, 5.74) is 1.85. The summed E-state index contributed by atoms with van der Waals surface area (Å²) in [6, 6.07) is 17.4. The van der Waals surface area contributed by atoms with Crippen LogP contribution in [-0.2, 0) is 65.6 Å². The highest BCUT2D eigenvalue weighted by atomic mass is 16.4. The first-order chi connectivity index (χ1) is 30.1. The van der Waals surface area contributed by atoms with Gasteiger partial charge in [0.05, 0.1) is 24.7 Å². The summed E-state index contributed by atoms with van der Waals surface area (Å²) in [4.78, 5) is 113. The van der Waals surface area contributed by atoms with Crippen LogP contribution in [0, 0.1) is 11.8 Å². The first-order valence-electron chi connectivity index (χ1n) is 19.8. The summed E-state index contributed by atoms with van der Waals surface area (Å²) >= 11 is 0. The quantitative estimate of drug-likeness (QED) is 0.0956. The summed E-state index contributed by atoms with van der Waals surface area (Å²) < 4.78 is 0. The SMILES string of the molecule is CC(=O)NC(C)CC(=O)O.CC(=O)NC(Cc1ccccc1)C(=O)O.CC(=O)NCC(=O)O.CC(=O)NCC(Cc1ccccc1)C(=O)O.CC(=O)NCCC(=O)O.CCC(C)C(=O)O. The van der Waals surface area contributed by atoms with E-state index in [2.05, 4.69) is 26.6 Å². The lowest BCUT2D eigenvalue weighted by atomic mass is 9.99. The third-order valence-electron chi connectivity index (χ3n) is 7.40. The Labute approximate surface area is 377 Å². The molecule has 0 heterocycles. The zero-order valence-corrected chi connectivity index (χ0v) is 37.9. The zero-order chi connectivity index (χ0) is 51.1. The van der Waals surface area contributed by atoms with Crippen LogP contribution in [0.5, 0.6) is 0 Å². The lowest BCUT2D eigenvalue weighted by molar-refractivity contribution is -0.142. The Hall–Kier alpha value is -7.39. The fourth-order valence-corrected chi connectivity index (χ4v) is 4.09. The molecule has 0 aliphatic heterocycles. The molecule has 0 spiro atoms. The fraction of sp³-hybridized carbons (Fsp3) is 0.465. The molecule has 2 aromatic carbocycles. The van der Waals surface area contributed by atoms with Gasteiger partial charge >= 0.3 is 35.8 Å². The van der Waals surface area contributed by atoms with E-state index in [1.54, 1.807) is 13.8 Å². The Morgan fingerprint density at radius 1 is 0.508 bits per heavy atom. The Morgan fingerprint density at radius 2 is 0.954 bits per heavy atom. The van der Waals surface area contributed by atoms with Gasteiger partial charge in [-0.3, -0.25) is 47.9 Å². The molecule has 0 bridgehead atoms. The number of rotatable bonds is 19. The van der Waals surface area contributed by atoms with Crippen molar-refractivity contribution in [3.8, 4) is 0 Å². The van der Waals surface area contributed by atoms with Gasteiger partial charge in [-0.2, -0.15) is 0 Å². The number of carboxylic acids is 6. The van der Waals surface area contributed by atoms with Crippen molar-refractivity contribution in [2.24, 2.45) is 11.8 Å². The summed E-state index contributed by atoms with van der Waals surface area (Å²) in [5.74, 6) is -7.47. The first-order valence-corrected chi connectivity index (χ1v) is 19.8. The molecule has 0 saturated heterocycles. The number of carboxylic acid groups (broad SMARTS) is 6. The van der Waals surface area contributed by atoms with Crippen LogP contribution in [0.2, 0.25) is 0 Å². The van der Waals surface area contributed by atoms with Crippen LogP contribution in [0.1, 0.15) is 85.8 Å². The number of hydrogen-bond donors (Lipinski definition) is 11. The molecule has 65 heavy (non-hydrogen) atoms. The average molecular weight is 924 g/mol. The average Bonchev–Trinajstić information content (AvgIpc) is 3.19. The van der Waals surface area contributed by atoms with E-state index in [9.17, 15) is 52.7 Å². The lowest BCUT2D eigenvalue weighted by Gasteiger charge is -2.12. The van der Waals surface area contributed by atoms with Gasteiger partial charge in [0.25, 0.3) is 0 Å². The highest BCUT2D eigenvalue weighted by Crippen LogP contribution is 2.08. The van der Waals surface area contributed by atoms with Crippen molar-refractivity contribution >= 4 is 65.4 Å². The van der Waals surface area contributed by atoms with Crippen LogP contribution in [-0.4, -0.2) is 128 Å². The van der Waals surface area contributed by atoms with Gasteiger partial charge in [0.2, 0.25) is 29.5 Å². The van der Waals surface area contributed by atoms with Crippen LogP contribution in [0.15, 0.2) is 60.7 Å². The smallest absolute Gasteiger partial charge is 0.326 e. The van der Waals surface area contributed by atoms with Crippen LogP contribution >= 0.6 is 0 Å². The zero-order valence-electron chi connectivity index (χ0n) is 37.9. The van der Waals surface area contributed by atoms with Crippen LogP contribution in [0.4, 0.5) is 0 Å². The predicted molar refractivity (Wildman–Crippen MR) is 235 cm³/mol. The summed E-state index contributed by atoms with van der Waals surface area (Å²) in [7, 11) is 0. The van der Waals surface area contributed by atoms with Gasteiger partial charge in [-0.1, -0.05) is 74.5 Å². The summed E-state index contributed by atoms with van der Waals surface area (Å²) in [6.07, 6.45) is 1.40. The van der Waals surface area contributed by atoms with E-state index in [0.717, 1.165) is 17.5 Å². The molecule has 4 unspecified atom stereocenters. The van der Waals surface area contributed by atoms with Gasteiger partial charge in [-0.05, 0) is 30.9 Å². The molecule has 4 atom stereocenters. The van der Waals surface area contributed by atoms with Gasteiger partial charge in [0.15, 0.2) is 0 Å². The number of nitrogens with one attached hydrogen (secondary N) is 5. The molecule has 0 aliphatic carbocycles. The molecule has 0 radical (unpaired) electrons. The van der Waals surface area contributed by atoms with Crippen molar-refractivity contribution in [2.75, 3.05) is 19.6 Å². The van der Waals surface area contributed by atoms with Crippen molar-refractivity contribution in [3.05, 3.63) is 71.8 Å². The highest BCUT2D eigenvalue weighted by Gasteiger charge is 2.19. The molecule has 5 amide bonds. The van der Waals surface area contributed by atoms with Crippen molar-refractivity contribution < 1.29 is 83.4 Å². The van der Waals surface area contributed by atoms with Gasteiger partial charge in [-0.25, -0.2) is 4.79 Å². The van der Waals surface area contributed by atoms with E-state index in [-0.39, 0.29) is 74.0 Å². The number of hydrogen-bond acceptors (Lipinski definition) is 11. The Bertz CT molecular complexity index is 1730. The second-order valence-electron chi connectivity index (χ2n) is 13.7. The second kappa shape index (κ2) is 39.5. The molecular formula is C43H65N5O17. The molecule has 2 aromatic rings. The topological polar surface area (TPSA) is 369 Å². The Morgan fingerprint density at radius 3 is 1.25 bits per heavy atom. The van der Waals surface area contributed by atoms with Gasteiger partial charge < -0.3 is 57.2 Å². The number of benzene rings is 2. The van der Waals surface area contributed by atoms with Crippen LogP contribution < -0.4 is 26.6 Å². The van der Waals surface area contributed by atoms with Crippen molar-refractivity contribution in [3.63, 3.8) is 0 Å². The predicted octanol–water partition coefficient (Wildman–Crippen LogP) is 1.79. The molecule has 0 aromatic heterocycles. The Balaban J connectivity index is -0.000000354. The van der Waals surface area contributed by atoms with Gasteiger partial charge in [0.1, 0.15) is 12.6 Å². The maximum Gasteiger partial charge on any atom is 0.326 e. The van der Waals surface area contributed by atoms with Crippen molar-refractivity contribution in [1.29, 1.82) is 0 Å². The summed E-state index contributed by atoms with van der Waals surface area (Å²) in [5, 5.41) is 62.1. The maximum atomic E-state index is 11.0. The number of carbonyl (C=O) groups is 11. The van der Waals surface area contributed by atoms with Crippen molar-refractivity contribution in [2.45, 2.75) is 99.6 Å². The standard InChI is InChI=1S/C12H15NO3.C11H13NO3.C6H11NO3.C5H9NO3.C5H10O2.C4H7NO3/c1-9(14)13-8-11(12(15)16)7-10-5-3-2-4-6-10;1-8(13)12-10(11(14)15)7-9-5-3-2-4-6-9;1-4(3-6(9)10)7-5(2)8;1-4(7)6-3-2-5(8)9;1-3-4(2)5(6)7;1-3(6)5-2-4(7)8/h2-6,11H,7-8H2,1H3,(H,13,14)(H,15,16);2-6,10H,7H2,1H3,(H,12,13)(H,14,15);4H,3H2,1-2H3,(H,7,8)(H,9,10);2-3H2,1H3,(H,6,7)(H,8,9);4H,3H2,1-2H3,(H,6,7);2H2,1H3,(H,5,6)(H,7,8). The van der Waals surface area contributed by atoms with E-state index < -0.39 is 47.8 Å². The Kier molecular flexibility index (Phi) is 39.0. The molecule has 364 valence electrons. The first kappa shape index (κ1) is 64.2. The van der Waals surface area contributed by atoms with E-state index >= 15 is 0 Å². The molecule has 22 nitrogen and oxygen atoms in total. The maximum absolute atomic E-state index is 11.0. The third-order valence-corrected chi connectivity index (χ3v) is 7.40. The normalized spacial score (nSPS) is 11.1.